The first-order chi connectivity index (χ1) is 16.0. The number of carbonyl (C=O) groups is 1. The van der Waals surface area contributed by atoms with Crippen LogP contribution >= 0.6 is 0 Å². The van der Waals surface area contributed by atoms with Gasteiger partial charge in [-0.2, -0.15) is 0 Å². The molecule has 1 heterocycles. The number of allylic oxidation sites excluding steroid dienone is 2. The predicted octanol–water partition coefficient (Wildman–Crippen LogP) is 7.67. The number of amidine groups is 1. The molecule has 0 radical (unpaired) electrons. The fourth-order valence-corrected chi connectivity index (χ4v) is 4.67. The molecule has 0 aromatic rings. The highest BCUT2D eigenvalue weighted by atomic mass is 16.4. The van der Waals surface area contributed by atoms with Crippen molar-refractivity contribution in [2.45, 2.75) is 136 Å². The Morgan fingerprint density at radius 3 is 1.88 bits per heavy atom. The molecular weight excluding hydrogens is 410 g/mol. The van der Waals surface area contributed by atoms with Gasteiger partial charge in [0.2, 0.25) is 5.84 Å². The van der Waals surface area contributed by atoms with Gasteiger partial charge in [-0.05, 0) is 19.3 Å². The van der Waals surface area contributed by atoms with Crippen LogP contribution in [0.15, 0.2) is 29.5 Å². The number of aliphatic carboxylic acids is 1. The van der Waals surface area contributed by atoms with E-state index >= 15 is 0 Å². The number of aliphatic imine (C=N–C) groups is 1. The van der Waals surface area contributed by atoms with Gasteiger partial charge in [0.15, 0.2) is 6.54 Å². The van der Waals surface area contributed by atoms with Crippen molar-refractivity contribution >= 4 is 11.8 Å². The average Bonchev–Trinajstić information content (AvgIpc) is 3.18. The van der Waals surface area contributed by atoms with E-state index < -0.39 is 5.97 Å². The summed E-state index contributed by atoms with van der Waals surface area (Å²) in [6.07, 6.45) is 31.4. The predicted molar refractivity (Wildman–Crippen MR) is 141 cm³/mol. The molecule has 1 rings (SSSR count). The minimum Gasteiger partial charge on any atom is -0.477 e. The van der Waals surface area contributed by atoms with Crippen molar-refractivity contribution in [3.8, 4) is 0 Å². The first-order valence-corrected chi connectivity index (χ1v) is 13.8. The maximum absolute atomic E-state index is 11.3. The van der Waals surface area contributed by atoms with E-state index in [9.17, 15) is 9.90 Å². The minimum atomic E-state index is -0.852. The second-order valence-corrected chi connectivity index (χ2v) is 9.81. The van der Waals surface area contributed by atoms with Gasteiger partial charge in [-0.1, -0.05) is 109 Å². The second kappa shape index (κ2) is 18.9. The summed E-state index contributed by atoms with van der Waals surface area (Å²) < 4.78 is 0.141. The molecular formula is C28H52N3O2+. The van der Waals surface area contributed by atoms with Gasteiger partial charge >= 0.3 is 5.97 Å². The van der Waals surface area contributed by atoms with Gasteiger partial charge in [-0.25, -0.2) is 14.3 Å². The minimum absolute atomic E-state index is 0.0458. The SMILES string of the molecule is CCCCCCCCCCCCCCCCC/C=C/CCC1=NC=C[N+]1(CC(=O)O)C(C)N. The van der Waals surface area contributed by atoms with Crippen LogP contribution in [0.2, 0.25) is 0 Å². The van der Waals surface area contributed by atoms with E-state index in [1.807, 2.05) is 13.1 Å². The summed E-state index contributed by atoms with van der Waals surface area (Å²) in [5, 5.41) is 9.27. The number of rotatable bonds is 22. The van der Waals surface area contributed by atoms with Gasteiger partial charge in [-0.3, -0.25) is 5.73 Å². The molecule has 1 aliphatic rings. The van der Waals surface area contributed by atoms with Crippen LogP contribution in [0.5, 0.6) is 0 Å². The maximum Gasteiger partial charge on any atom is 0.360 e. The fraction of sp³-hybridized carbons (Fsp3) is 0.786. The summed E-state index contributed by atoms with van der Waals surface area (Å²) in [5.74, 6) is -0.000665. The Kier molecular flexibility index (Phi) is 16.9. The summed E-state index contributed by atoms with van der Waals surface area (Å²) in [4.78, 5) is 15.7. The quantitative estimate of drug-likeness (QED) is 0.0984. The number of quaternary nitrogens is 1. The summed E-state index contributed by atoms with van der Waals surface area (Å²) in [5.41, 5.74) is 6.10. The number of nitrogens with zero attached hydrogens (tertiary/aromatic N) is 2. The van der Waals surface area contributed by atoms with Crippen LogP contribution in [-0.2, 0) is 4.79 Å². The lowest BCUT2D eigenvalue weighted by Gasteiger charge is -2.34. The lowest BCUT2D eigenvalue weighted by atomic mass is 10.0. The lowest BCUT2D eigenvalue weighted by molar-refractivity contribution is -0.805. The number of unbranched alkanes of at least 4 members (excludes halogenated alkanes) is 15. The molecule has 190 valence electrons. The highest BCUT2D eigenvalue weighted by Crippen LogP contribution is 2.22. The lowest BCUT2D eigenvalue weighted by Crippen LogP contribution is -2.59. The van der Waals surface area contributed by atoms with Crippen LogP contribution in [0.3, 0.4) is 0 Å². The Balaban J connectivity index is 1.95. The Hall–Kier alpha value is -1.46. The second-order valence-electron chi connectivity index (χ2n) is 9.81. The third kappa shape index (κ3) is 13.1. The molecule has 0 saturated carbocycles. The molecule has 33 heavy (non-hydrogen) atoms. The molecule has 0 spiro atoms. The van der Waals surface area contributed by atoms with Crippen LogP contribution < -0.4 is 5.73 Å². The molecule has 0 amide bonds. The van der Waals surface area contributed by atoms with E-state index in [2.05, 4.69) is 24.1 Å². The van der Waals surface area contributed by atoms with Crippen LogP contribution in [0, 0.1) is 0 Å². The molecule has 0 aliphatic carbocycles. The molecule has 1 aliphatic heterocycles. The van der Waals surface area contributed by atoms with Crippen molar-refractivity contribution in [1.82, 2.24) is 0 Å². The highest BCUT2D eigenvalue weighted by molar-refractivity contribution is 5.81. The Morgan fingerprint density at radius 2 is 1.39 bits per heavy atom. The van der Waals surface area contributed by atoms with Gasteiger partial charge in [0.1, 0.15) is 12.4 Å². The highest BCUT2D eigenvalue weighted by Gasteiger charge is 2.40. The third-order valence-electron chi connectivity index (χ3n) is 6.84. The Bertz CT molecular complexity index is 598. The number of carboxylic acid groups (broad SMARTS) is 1. The van der Waals surface area contributed by atoms with Crippen LogP contribution in [-0.4, -0.2) is 34.1 Å². The largest absolute Gasteiger partial charge is 0.477 e. The van der Waals surface area contributed by atoms with Crippen molar-refractivity contribution < 1.29 is 14.4 Å². The molecule has 2 unspecified atom stereocenters. The van der Waals surface area contributed by atoms with Gasteiger partial charge in [0, 0.05) is 13.3 Å². The molecule has 0 saturated heterocycles. The number of hydrogen-bond acceptors (Lipinski definition) is 3. The first-order valence-electron chi connectivity index (χ1n) is 13.8. The monoisotopic (exact) mass is 462 g/mol. The molecule has 5 heteroatoms. The van der Waals surface area contributed by atoms with Crippen molar-refractivity contribution in [2.24, 2.45) is 10.7 Å². The number of nitrogens with two attached hydrogens (primary N) is 1. The van der Waals surface area contributed by atoms with Crippen molar-refractivity contribution in [1.29, 1.82) is 0 Å². The Labute approximate surface area is 203 Å². The van der Waals surface area contributed by atoms with E-state index in [-0.39, 0.29) is 17.2 Å². The molecule has 3 N–H and O–H groups in total. The van der Waals surface area contributed by atoms with Crippen LogP contribution in [0.25, 0.3) is 0 Å². The normalized spacial score (nSPS) is 18.8. The maximum atomic E-state index is 11.3. The van der Waals surface area contributed by atoms with Crippen LogP contribution in [0.1, 0.15) is 129 Å². The third-order valence-corrected chi connectivity index (χ3v) is 6.84. The number of carboxylic acids is 1. The smallest absolute Gasteiger partial charge is 0.360 e. The Morgan fingerprint density at radius 1 is 0.909 bits per heavy atom. The summed E-state index contributed by atoms with van der Waals surface area (Å²) >= 11 is 0. The van der Waals surface area contributed by atoms with Crippen molar-refractivity contribution in [3.05, 3.63) is 24.6 Å². The fourth-order valence-electron chi connectivity index (χ4n) is 4.67. The van der Waals surface area contributed by atoms with Gasteiger partial charge in [-0.15, -0.1) is 0 Å². The summed E-state index contributed by atoms with van der Waals surface area (Å²) in [6, 6.07) is 0. The number of hydrogen-bond donors (Lipinski definition) is 2. The van der Waals surface area contributed by atoms with E-state index in [0.29, 0.717) is 0 Å². The van der Waals surface area contributed by atoms with E-state index in [4.69, 9.17) is 5.73 Å². The molecule has 0 aromatic heterocycles. The summed E-state index contributed by atoms with van der Waals surface area (Å²) in [7, 11) is 0. The standard InChI is InChI=1S/C28H51N3O2/c1-3-4-5-6-7-8-9-10-11-12-13-14-15-16-17-18-19-20-21-22-27-30-23-24-31(27,26(2)29)25-28(32)33/h19-20,23-24,26H,3-18,21-22,25,29H2,1-2H3/p+1/b20-19+. The molecule has 5 nitrogen and oxygen atoms in total. The zero-order valence-electron chi connectivity index (χ0n) is 21.6. The first kappa shape index (κ1) is 29.6. The van der Waals surface area contributed by atoms with Gasteiger partial charge in [0.25, 0.3) is 0 Å². The van der Waals surface area contributed by atoms with E-state index in [1.165, 1.54) is 96.3 Å². The average molecular weight is 463 g/mol. The van der Waals surface area contributed by atoms with Crippen molar-refractivity contribution in [3.63, 3.8) is 0 Å². The van der Waals surface area contributed by atoms with Gasteiger partial charge < -0.3 is 5.11 Å². The van der Waals surface area contributed by atoms with Gasteiger partial charge in [0.05, 0.1) is 6.20 Å². The summed E-state index contributed by atoms with van der Waals surface area (Å²) in [6.45, 7) is 4.08. The molecule has 0 aromatic carbocycles. The zero-order chi connectivity index (χ0) is 24.2. The molecule has 0 fully saturated rings. The molecule has 2 atom stereocenters. The topological polar surface area (TPSA) is 75.7 Å². The van der Waals surface area contributed by atoms with Crippen LogP contribution in [0.4, 0.5) is 0 Å². The van der Waals surface area contributed by atoms with Crippen molar-refractivity contribution in [2.75, 3.05) is 6.54 Å². The molecule has 0 bridgehead atoms. The van der Waals surface area contributed by atoms with E-state index in [1.54, 1.807) is 6.20 Å². The zero-order valence-corrected chi connectivity index (χ0v) is 21.6. The van der Waals surface area contributed by atoms with E-state index in [0.717, 1.165) is 25.1 Å².